The molecule has 2 rings (SSSR count). The zero-order valence-electron chi connectivity index (χ0n) is 8.61. The first-order chi connectivity index (χ1) is 7.40. The van der Waals surface area contributed by atoms with Crippen molar-refractivity contribution in [2.24, 2.45) is 5.73 Å². The van der Waals surface area contributed by atoms with Crippen molar-refractivity contribution in [2.75, 3.05) is 13.2 Å². The predicted molar refractivity (Wildman–Crippen MR) is 63.2 cm³/mol. The first kappa shape index (κ1) is 12.5. The molecule has 2 aromatic heterocycles. The molecule has 0 aromatic carbocycles. The number of hydrogen-bond donors (Lipinski definition) is 1. The molecule has 2 heterocycles. The molecule has 6 heteroatoms. The largest absolute Gasteiger partial charge is 0.476 e. The second kappa shape index (κ2) is 6.09. The van der Waals surface area contributed by atoms with Crippen molar-refractivity contribution >= 4 is 12.4 Å². The number of nitrogens with two attached hydrogens (primary N) is 1. The van der Waals surface area contributed by atoms with Crippen molar-refractivity contribution in [1.82, 2.24) is 14.8 Å². The van der Waals surface area contributed by atoms with Gasteiger partial charge in [-0.2, -0.15) is 10.1 Å². The van der Waals surface area contributed by atoms with Crippen LogP contribution in [0.15, 0.2) is 36.7 Å². The summed E-state index contributed by atoms with van der Waals surface area (Å²) in [5.74, 6) is 1.29. The third kappa shape index (κ3) is 2.95. The number of aromatic nitrogens is 3. The summed E-state index contributed by atoms with van der Waals surface area (Å²) in [5.41, 5.74) is 5.34. The van der Waals surface area contributed by atoms with Crippen molar-refractivity contribution in [3.63, 3.8) is 0 Å². The molecule has 0 aliphatic rings. The van der Waals surface area contributed by atoms with E-state index in [2.05, 4.69) is 10.1 Å². The van der Waals surface area contributed by atoms with E-state index in [4.69, 9.17) is 10.5 Å². The second-order valence-corrected chi connectivity index (χ2v) is 2.92. The standard InChI is InChI=1S/C10H12N4O.ClH/c11-5-8-15-10-4-1-3-9(13-10)14-7-2-6-12-14;/h1-4,6-7H,5,8,11H2;1H. The minimum atomic E-state index is 0. The number of nitrogens with zero attached hydrogens (tertiary/aromatic N) is 3. The molecule has 0 saturated carbocycles. The molecule has 0 aliphatic carbocycles. The van der Waals surface area contributed by atoms with Crippen LogP contribution in [-0.4, -0.2) is 27.9 Å². The normalized spacial score (nSPS) is 9.56. The lowest BCUT2D eigenvalue weighted by molar-refractivity contribution is 0.315. The third-order valence-electron chi connectivity index (χ3n) is 1.82. The predicted octanol–water partition coefficient (Wildman–Crippen LogP) is 1.03. The molecule has 0 fully saturated rings. The molecular weight excluding hydrogens is 228 g/mol. The third-order valence-corrected chi connectivity index (χ3v) is 1.82. The maximum absolute atomic E-state index is 5.34. The average Bonchev–Trinajstić information content (AvgIpc) is 2.80. The van der Waals surface area contributed by atoms with Crippen LogP contribution >= 0.6 is 12.4 Å². The molecule has 0 bridgehead atoms. The van der Waals surface area contributed by atoms with Gasteiger partial charge in [-0.05, 0) is 12.1 Å². The van der Waals surface area contributed by atoms with Gasteiger partial charge in [-0.1, -0.05) is 6.07 Å². The Labute approximate surface area is 99.7 Å². The van der Waals surface area contributed by atoms with Crippen LogP contribution in [0.3, 0.4) is 0 Å². The number of halogens is 1. The van der Waals surface area contributed by atoms with Crippen molar-refractivity contribution in [2.45, 2.75) is 0 Å². The molecule has 0 aliphatic heterocycles. The molecule has 0 radical (unpaired) electrons. The molecule has 2 N–H and O–H groups in total. The Bertz CT molecular complexity index is 419. The fraction of sp³-hybridized carbons (Fsp3) is 0.200. The van der Waals surface area contributed by atoms with E-state index in [1.54, 1.807) is 16.9 Å². The smallest absolute Gasteiger partial charge is 0.215 e. The molecule has 16 heavy (non-hydrogen) atoms. The molecule has 0 atom stereocenters. The maximum Gasteiger partial charge on any atom is 0.215 e. The van der Waals surface area contributed by atoms with Crippen LogP contribution in [0.1, 0.15) is 0 Å². The molecule has 0 spiro atoms. The van der Waals surface area contributed by atoms with E-state index in [-0.39, 0.29) is 12.4 Å². The second-order valence-electron chi connectivity index (χ2n) is 2.92. The van der Waals surface area contributed by atoms with E-state index in [9.17, 15) is 0 Å². The Morgan fingerprint density at radius 1 is 1.31 bits per heavy atom. The van der Waals surface area contributed by atoms with E-state index in [0.29, 0.717) is 19.0 Å². The van der Waals surface area contributed by atoms with E-state index >= 15 is 0 Å². The van der Waals surface area contributed by atoms with Crippen LogP contribution in [0, 0.1) is 0 Å². The van der Waals surface area contributed by atoms with Gasteiger partial charge < -0.3 is 10.5 Å². The van der Waals surface area contributed by atoms with Gasteiger partial charge in [-0.3, -0.25) is 0 Å². The minimum absolute atomic E-state index is 0. The van der Waals surface area contributed by atoms with Crippen LogP contribution in [0.5, 0.6) is 5.88 Å². The summed E-state index contributed by atoms with van der Waals surface area (Å²) in [4.78, 5) is 4.28. The average molecular weight is 241 g/mol. The van der Waals surface area contributed by atoms with Crippen LogP contribution in [0.4, 0.5) is 0 Å². The summed E-state index contributed by atoms with van der Waals surface area (Å²) in [6, 6.07) is 7.37. The highest BCUT2D eigenvalue weighted by Crippen LogP contribution is 2.09. The van der Waals surface area contributed by atoms with Crippen LogP contribution in [-0.2, 0) is 0 Å². The monoisotopic (exact) mass is 240 g/mol. The lowest BCUT2D eigenvalue weighted by Gasteiger charge is -2.05. The molecular formula is C10H13ClN4O. The first-order valence-corrected chi connectivity index (χ1v) is 4.70. The van der Waals surface area contributed by atoms with Crippen molar-refractivity contribution in [1.29, 1.82) is 0 Å². The lowest BCUT2D eigenvalue weighted by atomic mass is 10.4. The number of pyridine rings is 1. The Kier molecular flexibility index (Phi) is 4.75. The van der Waals surface area contributed by atoms with Crippen molar-refractivity contribution < 1.29 is 4.74 Å². The van der Waals surface area contributed by atoms with Crippen molar-refractivity contribution in [3.8, 4) is 11.7 Å². The first-order valence-electron chi connectivity index (χ1n) is 4.70. The van der Waals surface area contributed by atoms with E-state index in [1.807, 2.05) is 24.4 Å². The van der Waals surface area contributed by atoms with Crippen LogP contribution < -0.4 is 10.5 Å². The molecule has 0 saturated heterocycles. The summed E-state index contributed by atoms with van der Waals surface area (Å²) in [5, 5.41) is 4.08. The fourth-order valence-electron chi connectivity index (χ4n) is 1.18. The van der Waals surface area contributed by atoms with E-state index in [1.165, 1.54) is 0 Å². The quantitative estimate of drug-likeness (QED) is 0.867. The van der Waals surface area contributed by atoms with E-state index < -0.39 is 0 Å². The summed E-state index contributed by atoms with van der Waals surface area (Å²) < 4.78 is 6.99. The van der Waals surface area contributed by atoms with Gasteiger partial charge in [-0.15, -0.1) is 12.4 Å². The summed E-state index contributed by atoms with van der Waals surface area (Å²) in [7, 11) is 0. The van der Waals surface area contributed by atoms with Gasteiger partial charge in [0.15, 0.2) is 5.82 Å². The zero-order valence-corrected chi connectivity index (χ0v) is 9.43. The van der Waals surface area contributed by atoms with Gasteiger partial charge in [0.05, 0.1) is 0 Å². The molecule has 2 aromatic rings. The highest BCUT2D eigenvalue weighted by molar-refractivity contribution is 5.85. The number of ether oxygens (including phenoxy) is 1. The van der Waals surface area contributed by atoms with Crippen LogP contribution in [0.2, 0.25) is 0 Å². The Balaban J connectivity index is 0.00000128. The highest BCUT2D eigenvalue weighted by Gasteiger charge is 1.99. The van der Waals surface area contributed by atoms with Crippen LogP contribution in [0.25, 0.3) is 5.82 Å². The summed E-state index contributed by atoms with van der Waals surface area (Å²) in [6.45, 7) is 0.948. The van der Waals surface area contributed by atoms with Gasteiger partial charge in [-0.25, -0.2) is 4.68 Å². The number of hydrogen-bond acceptors (Lipinski definition) is 4. The van der Waals surface area contributed by atoms with E-state index in [0.717, 1.165) is 5.82 Å². The Hall–Kier alpha value is -1.59. The van der Waals surface area contributed by atoms with Gasteiger partial charge in [0.2, 0.25) is 5.88 Å². The molecule has 0 amide bonds. The molecule has 5 nitrogen and oxygen atoms in total. The Morgan fingerprint density at radius 3 is 2.88 bits per heavy atom. The Morgan fingerprint density at radius 2 is 2.19 bits per heavy atom. The maximum atomic E-state index is 5.34. The van der Waals surface area contributed by atoms with Gasteiger partial charge in [0.1, 0.15) is 6.61 Å². The summed E-state index contributed by atoms with van der Waals surface area (Å²) >= 11 is 0. The van der Waals surface area contributed by atoms with Gasteiger partial charge in [0.25, 0.3) is 0 Å². The zero-order chi connectivity index (χ0) is 10.5. The molecule has 86 valence electrons. The summed E-state index contributed by atoms with van der Waals surface area (Å²) in [6.07, 6.45) is 3.53. The minimum Gasteiger partial charge on any atom is -0.476 e. The fourth-order valence-corrected chi connectivity index (χ4v) is 1.18. The van der Waals surface area contributed by atoms with Gasteiger partial charge in [0, 0.05) is 25.0 Å². The van der Waals surface area contributed by atoms with Crippen molar-refractivity contribution in [3.05, 3.63) is 36.7 Å². The number of rotatable bonds is 4. The topological polar surface area (TPSA) is 66.0 Å². The molecule has 0 unspecified atom stereocenters. The highest BCUT2D eigenvalue weighted by atomic mass is 35.5. The van der Waals surface area contributed by atoms with Gasteiger partial charge >= 0.3 is 0 Å². The SMILES string of the molecule is Cl.NCCOc1cccc(-n2cccn2)n1. The lowest BCUT2D eigenvalue weighted by Crippen LogP contribution is -2.11.